The number of hydrazine groups is 1. The number of nitrogens with zero attached hydrogens (tertiary/aromatic N) is 2. The number of carbonyl (C=O) groups excluding carboxylic acids is 1. The van der Waals surface area contributed by atoms with Gasteiger partial charge in [0.15, 0.2) is 0 Å². The lowest BCUT2D eigenvalue weighted by Crippen LogP contribution is -2.45. The number of rotatable bonds is 2. The third-order valence-corrected chi connectivity index (χ3v) is 2.77. The number of pyridine rings is 1. The largest absolute Gasteiger partial charge is 0.284 e. The Morgan fingerprint density at radius 2 is 2.06 bits per heavy atom. The Kier molecular flexibility index (Phi) is 3.74. The van der Waals surface area contributed by atoms with E-state index in [1.807, 2.05) is 5.01 Å². The molecule has 0 atom stereocenters. The Balaban J connectivity index is 1.97. The van der Waals surface area contributed by atoms with E-state index in [1.54, 1.807) is 18.2 Å². The third-order valence-electron chi connectivity index (χ3n) is 2.56. The standard InChI is InChI=1S/C11H14ClN3O/c12-10-6-4-5-9(13-10)11(16)14-15-7-2-1-3-8-15/h4-6H,1-3,7-8H2,(H,14,16). The van der Waals surface area contributed by atoms with Crippen LogP contribution in [0, 0.1) is 0 Å². The quantitative estimate of drug-likeness (QED) is 0.802. The zero-order chi connectivity index (χ0) is 11.4. The Hall–Kier alpha value is -1.13. The van der Waals surface area contributed by atoms with Gasteiger partial charge in [-0.05, 0) is 25.0 Å². The van der Waals surface area contributed by atoms with Crippen LogP contribution in [-0.2, 0) is 0 Å². The van der Waals surface area contributed by atoms with Crippen LogP contribution in [0.5, 0.6) is 0 Å². The van der Waals surface area contributed by atoms with Crippen molar-refractivity contribution < 1.29 is 4.79 Å². The molecule has 1 amide bonds. The molecular formula is C11H14ClN3O. The van der Waals surface area contributed by atoms with Gasteiger partial charge in [-0.2, -0.15) is 0 Å². The van der Waals surface area contributed by atoms with Crippen molar-refractivity contribution in [2.24, 2.45) is 0 Å². The van der Waals surface area contributed by atoms with Gasteiger partial charge in [0.05, 0.1) is 0 Å². The van der Waals surface area contributed by atoms with Crippen LogP contribution in [0.2, 0.25) is 5.15 Å². The molecule has 1 N–H and O–H groups in total. The minimum atomic E-state index is -0.190. The second kappa shape index (κ2) is 5.27. The summed E-state index contributed by atoms with van der Waals surface area (Å²) in [6.07, 6.45) is 3.49. The maximum absolute atomic E-state index is 11.8. The molecule has 0 saturated carbocycles. The highest BCUT2D eigenvalue weighted by molar-refractivity contribution is 6.29. The molecule has 1 aromatic heterocycles. The van der Waals surface area contributed by atoms with Crippen molar-refractivity contribution in [1.82, 2.24) is 15.4 Å². The average molecular weight is 240 g/mol. The third kappa shape index (κ3) is 2.93. The number of aromatic nitrogens is 1. The molecule has 1 aromatic rings. The molecule has 16 heavy (non-hydrogen) atoms. The predicted molar refractivity (Wildman–Crippen MR) is 62.1 cm³/mol. The van der Waals surface area contributed by atoms with E-state index >= 15 is 0 Å². The molecule has 0 radical (unpaired) electrons. The van der Waals surface area contributed by atoms with Gasteiger partial charge in [-0.1, -0.05) is 24.1 Å². The summed E-state index contributed by atoms with van der Waals surface area (Å²) in [5.41, 5.74) is 3.19. The molecule has 0 unspecified atom stereocenters. The van der Waals surface area contributed by atoms with E-state index in [1.165, 1.54) is 6.42 Å². The number of hydrogen-bond acceptors (Lipinski definition) is 3. The molecule has 0 spiro atoms. The maximum atomic E-state index is 11.8. The molecule has 0 aromatic carbocycles. The van der Waals surface area contributed by atoms with Crippen LogP contribution in [0.4, 0.5) is 0 Å². The number of hydrogen-bond donors (Lipinski definition) is 1. The van der Waals surface area contributed by atoms with Gasteiger partial charge in [0.2, 0.25) is 0 Å². The smallest absolute Gasteiger partial charge is 0.283 e. The van der Waals surface area contributed by atoms with Crippen LogP contribution in [0.25, 0.3) is 0 Å². The molecule has 1 aliphatic rings. The van der Waals surface area contributed by atoms with Gasteiger partial charge in [0.25, 0.3) is 5.91 Å². The summed E-state index contributed by atoms with van der Waals surface area (Å²) in [6.45, 7) is 1.82. The van der Waals surface area contributed by atoms with Gasteiger partial charge in [-0.15, -0.1) is 0 Å². The first-order valence-corrected chi connectivity index (χ1v) is 5.82. The van der Waals surface area contributed by atoms with E-state index in [0.29, 0.717) is 10.8 Å². The highest BCUT2D eigenvalue weighted by Crippen LogP contribution is 2.08. The Labute approximate surface area is 99.6 Å². The highest BCUT2D eigenvalue weighted by atomic mass is 35.5. The van der Waals surface area contributed by atoms with Crippen molar-refractivity contribution in [3.63, 3.8) is 0 Å². The molecule has 5 heteroatoms. The first-order chi connectivity index (χ1) is 7.75. The van der Waals surface area contributed by atoms with Crippen molar-refractivity contribution in [1.29, 1.82) is 0 Å². The zero-order valence-corrected chi connectivity index (χ0v) is 9.70. The first kappa shape index (κ1) is 11.4. The molecule has 0 bridgehead atoms. The summed E-state index contributed by atoms with van der Waals surface area (Å²) in [7, 11) is 0. The summed E-state index contributed by atoms with van der Waals surface area (Å²) in [5.74, 6) is -0.190. The lowest BCUT2D eigenvalue weighted by molar-refractivity contribution is 0.0745. The predicted octanol–water partition coefficient (Wildman–Crippen LogP) is 1.87. The van der Waals surface area contributed by atoms with Crippen LogP contribution in [0.3, 0.4) is 0 Å². The summed E-state index contributed by atoms with van der Waals surface area (Å²) >= 11 is 5.73. The van der Waals surface area contributed by atoms with Gasteiger partial charge in [0, 0.05) is 13.1 Å². The summed E-state index contributed by atoms with van der Waals surface area (Å²) in [6, 6.07) is 5.03. The second-order valence-corrected chi connectivity index (χ2v) is 4.22. The fourth-order valence-corrected chi connectivity index (χ4v) is 1.91. The van der Waals surface area contributed by atoms with Crippen LogP contribution in [0.15, 0.2) is 18.2 Å². The molecule has 1 aliphatic heterocycles. The van der Waals surface area contributed by atoms with E-state index in [-0.39, 0.29) is 5.91 Å². The number of nitrogens with one attached hydrogen (secondary N) is 1. The summed E-state index contributed by atoms with van der Waals surface area (Å²) < 4.78 is 0. The topological polar surface area (TPSA) is 45.2 Å². The second-order valence-electron chi connectivity index (χ2n) is 3.83. The summed E-state index contributed by atoms with van der Waals surface area (Å²) in [5, 5.41) is 2.28. The molecule has 2 rings (SSSR count). The van der Waals surface area contributed by atoms with Crippen LogP contribution >= 0.6 is 11.6 Å². The Morgan fingerprint density at radius 3 is 2.75 bits per heavy atom. The lowest BCUT2D eigenvalue weighted by Gasteiger charge is -2.26. The zero-order valence-electron chi connectivity index (χ0n) is 8.95. The fraction of sp³-hybridized carbons (Fsp3) is 0.455. The SMILES string of the molecule is O=C(NN1CCCCC1)c1cccc(Cl)n1. The fourth-order valence-electron chi connectivity index (χ4n) is 1.74. The Morgan fingerprint density at radius 1 is 1.31 bits per heavy atom. The first-order valence-electron chi connectivity index (χ1n) is 5.44. The van der Waals surface area contributed by atoms with Crippen molar-refractivity contribution in [3.05, 3.63) is 29.0 Å². The molecule has 86 valence electrons. The van der Waals surface area contributed by atoms with E-state index in [2.05, 4.69) is 10.4 Å². The average Bonchev–Trinajstić information content (AvgIpc) is 2.30. The van der Waals surface area contributed by atoms with Gasteiger partial charge in [-0.3, -0.25) is 10.2 Å². The molecule has 4 nitrogen and oxygen atoms in total. The van der Waals surface area contributed by atoms with Crippen LogP contribution in [0.1, 0.15) is 29.8 Å². The van der Waals surface area contributed by atoms with Crippen molar-refractivity contribution >= 4 is 17.5 Å². The molecule has 2 heterocycles. The normalized spacial score (nSPS) is 17.1. The number of halogens is 1. The molecule has 1 fully saturated rings. The van der Waals surface area contributed by atoms with Gasteiger partial charge < -0.3 is 0 Å². The van der Waals surface area contributed by atoms with Gasteiger partial charge in [0.1, 0.15) is 10.8 Å². The highest BCUT2D eigenvalue weighted by Gasteiger charge is 2.14. The lowest BCUT2D eigenvalue weighted by atomic mass is 10.2. The van der Waals surface area contributed by atoms with Gasteiger partial charge in [-0.25, -0.2) is 9.99 Å². The van der Waals surface area contributed by atoms with Crippen LogP contribution < -0.4 is 5.43 Å². The van der Waals surface area contributed by atoms with Crippen molar-refractivity contribution in [2.75, 3.05) is 13.1 Å². The number of piperidine rings is 1. The maximum Gasteiger partial charge on any atom is 0.284 e. The Bertz CT molecular complexity index is 377. The van der Waals surface area contributed by atoms with E-state index in [9.17, 15) is 4.79 Å². The molecular weight excluding hydrogens is 226 g/mol. The van der Waals surface area contributed by atoms with E-state index in [4.69, 9.17) is 11.6 Å². The van der Waals surface area contributed by atoms with E-state index in [0.717, 1.165) is 25.9 Å². The summed E-state index contributed by atoms with van der Waals surface area (Å²) in [4.78, 5) is 15.8. The van der Waals surface area contributed by atoms with E-state index < -0.39 is 0 Å². The van der Waals surface area contributed by atoms with Crippen molar-refractivity contribution in [2.45, 2.75) is 19.3 Å². The minimum Gasteiger partial charge on any atom is -0.283 e. The number of carbonyl (C=O) groups is 1. The van der Waals surface area contributed by atoms with Crippen LogP contribution in [-0.4, -0.2) is 29.0 Å². The number of amides is 1. The van der Waals surface area contributed by atoms with Crippen molar-refractivity contribution in [3.8, 4) is 0 Å². The molecule has 0 aliphatic carbocycles. The monoisotopic (exact) mass is 239 g/mol. The van der Waals surface area contributed by atoms with Gasteiger partial charge >= 0.3 is 0 Å². The minimum absolute atomic E-state index is 0.190. The molecule has 1 saturated heterocycles.